The zero-order valence-corrected chi connectivity index (χ0v) is 13.8. The summed E-state index contributed by atoms with van der Waals surface area (Å²) in [5, 5.41) is 0.408. The van der Waals surface area contributed by atoms with E-state index in [2.05, 4.69) is 4.98 Å². The molecule has 1 unspecified atom stereocenters. The maximum absolute atomic E-state index is 12.4. The van der Waals surface area contributed by atoms with Crippen LogP contribution in [-0.4, -0.2) is 38.7 Å². The smallest absolute Gasteiger partial charge is 0.254 e. The second kappa shape index (κ2) is 7.11. The van der Waals surface area contributed by atoms with E-state index in [4.69, 9.17) is 0 Å². The first-order valence-electron chi connectivity index (χ1n) is 7.55. The van der Waals surface area contributed by atoms with E-state index < -0.39 is 0 Å². The summed E-state index contributed by atoms with van der Waals surface area (Å²) in [5.74, 6) is 0.149. The average molecular weight is 309 g/mol. The third kappa shape index (κ3) is 3.87. The summed E-state index contributed by atoms with van der Waals surface area (Å²) in [7, 11) is 1.70. The Morgan fingerprint density at radius 2 is 2.05 bits per heavy atom. The molecule has 0 spiro atoms. The zero-order valence-electron chi connectivity index (χ0n) is 13.0. The minimum absolute atomic E-state index is 0.0676. The van der Waals surface area contributed by atoms with E-state index in [0.29, 0.717) is 5.16 Å². The predicted molar refractivity (Wildman–Crippen MR) is 84.6 cm³/mol. The summed E-state index contributed by atoms with van der Waals surface area (Å²) in [5.41, 5.74) is 0.709. The molecule has 116 valence electrons. The first-order valence-corrected chi connectivity index (χ1v) is 8.43. The fraction of sp³-hybridized carbons (Fsp3) is 0.667. The van der Waals surface area contributed by atoms with Crippen LogP contribution in [0.2, 0.25) is 0 Å². The van der Waals surface area contributed by atoms with Gasteiger partial charge in [-0.25, -0.2) is 4.98 Å². The number of hydrogen-bond acceptors (Lipinski definition) is 4. The number of likely N-dealkylation sites (tertiary alicyclic amines) is 1. The Labute approximate surface area is 129 Å². The molecular weight excluding hydrogens is 286 g/mol. The van der Waals surface area contributed by atoms with Crippen LogP contribution in [-0.2, 0) is 18.3 Å². The highest BCUT2D eigenvalue weighted by atomic mass is 32.2. The van der Waals surface area contributed by atoms with Gasteiger partial charge in [0.25, 0.3) is 5.56 Å². The molecular formula is C15H23N3O2S. The van der Waals surface area contributed by atoms with E-state index in [-0.39, 0.29) is 16.7 Å². The summed E-state index contributed by atoms with van der Waals surface area (Å²) in [6, 6.07) is 1.56. The van der Waals surface area contributed by atoms with Gasteiger partial charge in [0.05, 0.1) is 5.25 Å². The lowest BCUT2D eigenvalue weighted by Crippen LogP contribution is -2.40. The minimum atomic E-state index is -0.215. The average Bonchev–Trinajstić information content (AvgIpc) is 2.51. The highest BCUT2D eigenvalue weighted by Gasteiger charge is 2.24. The first kappa shape index (κ1) is 16.1. The van der Waals surface area contributed by atoms with E-state index in [0.717, 1.165) is 38.0 Å². The maximum atomic E-state index is 12.4. The van der Waals surface area contributed by atoms with Gasteiger partial charge in [0.2, 0.25) is 5.91 Å². The number of aromatic nitrogens is 2. The largest absolute Gasteiger partial charge is 0.342 e. The SMILES string of the molecule is CCc1cc(=O)n(C)c(SC(C)C(=O)N2CCCCC2)n1. The van der Waals surface area contributed by atoms with Crippen molar-refractivity contribution < 1.29 is 4.79 Å². The molecule has 1 aromatic heterocycles. The number of carbonyl (C=O) groups is 1. The highest BCUT2D eigenvalue weighted by molar-refractivity contribution is 8.00. The number of thioether (sulfide) groups is 1. The number of hydrogen-bond donors (Lipinski definition) is 0. The molecule has 2 heterocycles. The quantitative estimate of drug-likeness (QED) is 0.629. The van der Waals surface area contributed by atoms with E-state index in [1.807, 2.05) is 18.7 Å². The molecule has 0 N–H and O–H groups in total. The number of nitrogens with zero attached hydrogens (tertiary/aromatic N) is 3. The Morgan fingerprint density at radius 1 is 1.38 bits per heavy atom. The summed E-state index contributed by atoms with van der Waals surface area (Å²) < 4.78 is 1.52. The lowest BCUT2D eigenvalue weighted by Gasteiger charge is -2.29. The lowest BCUT2D eigenvalue weighted by molar-refractivity contribution is -0.131. The fourth-order valence-corrected chi connectivity index (χ4v) is 3.41. The summed E-state index contributed by atoms with van der Waals surface area (Å²) >= 11 is 1.38. The number of rotatable bonds is 4. The van der Waals surface area contributed by atoms with Crippen LogP contribution in [0.4, 0.5) is 0 Å². The van der Waals surface area contributed by atoms with Crippen LogP contribution >= 0.6 is 11.8 Å². The van der Waals surface area contributed by atoms with Gasteiger partial charge in [0.1, 0.15) is 0 Å². The van der Waals surface area contributed by atoms with Crippen molar-refractivity contribution in [2.24, 2.45) is 7.05 Å². The first-order chi connectivity index (χ1) is 10.0. The second-order valence-corrected chi connectivity index (χ2v) is 6.73. The van der Waals surface area contributed by atoms with Crippen molar-refractivity contribution in [3.63, 3.8) is 0 Å². The lowest BCUT2D eigenvalue weighted by atomic mass is 10.1. The standard InChI is InChI=1S/C15H23N3O2S/c1-4-12-10-13(19)17(3)15(16-12)21-11(2)14(20)18-8-6-5-7-9-18/h10-11H,4-9H2,1-3H3. The number of carbonyl (C=O) groups excluding carboxylic acids is 1. The fourth-order valence-electron chi connectivity index (χ4n) is 2.43. The number of aryl methyl sites for hydroxylation is 1. The van der Waals surface area contributed by atoms with Crippen molar-refractivity contribution >= 4 is 17.7 Å². The molecule has 21 heavy (non-hydrogen) atoms. The molecule has 6 heteroatoms. The summed E-state index contributed by atoms with van der Waals surface area (Å²) in [4.78, 5) is 30.7. The number of piperidine rings is 1. The normalized spacial score (nSPS) is 16.8. The van der Waals surface area contributed by atoms with Gasteiger partial charge < -0.3 is 4.90 Å². The Morgan fingerprint density at radius 3 is 2.67 bits per heavy atom. The van der Waals surface area contributed by atoms with Crippen molar-refractivity contribution in [3.8, 4) is 0 Å². The highest BCUT2D eigenvalue weighted by Crippen LogP contribution is 2.23. The molecule has 2 rings (SSSR count). The maximum Gasteiger partial charge on any atom is 0.254 e. The van der Waals surface area contributed by atoms with Crippen LogP contribution in [0.25, 0.3) is 0 Å². The molecule has 0 aromatic carbocycles. The minimum Gasteiger partial charge on any atom is -0.342 e. The molecule has 0 saturated carbocycles. The summed E-state index contributed by atoms with van der Waals surface area (Å²) in [6.45, 7) is 5.57. The van der Waals surface area contributed by atoms with Crippen LogP contribution in [0.5, 0.6) is 0 Å². The Kier molecular flexibility index (Phi) is 5.45. The molecule has 1 amide bonds. The van der Waals surface area contributed by atoms with E-state index >= 15 is 0 Å². The van der Waals surface area contributed by atoms with E-state index in [1.54, 1.807) is 13.1 Å². The molecule has 5 nitrogen and oxygen atoms in total. The van der Waals surface area contributed by atoms with E-state index in [9.17, 15) is 9.59 Å². The Hall–Kier alpha value is -1.30. The zero-order chi connectivity index (χ0) is 15.4. The van der Waals surface area contributed by atoms with Crippen LogP contribution < -0.4 is 5.56 Å². The van der Waals surface area contributed by atoms with Crippen LogP contribution in [0, 0.1) is 0 Å². The van der Waals surface area contributed by atoms with Crippen LogP contribution in [0.3, 0.4) is 0 Å². The van der Waals surface area contributed by atoms with E-state index in [1.165, 1.54) is 22.7 Å². The van der Waals surface area contributed by atoms with Gasteiger partial charge in [-0.05, 0) is 32.6 Å². The molecule has 0 aliphatic carbocycles. The van der Waals surface area contributed by atoms with Crippen molar-refractivity contribution in [1.82, 2.24) is 14.5 Å². The Balaban J connectivity index is 2.11. The van der Waals surface area contributed by atoms with Gasteiger partial charge in [-0.15, -0.1) is 0 Å². The summed E-state index contributed by atoms with van der Waals surface area (Å²) in [6.07, 6.45) is 4.11. The third-order valence-electron chi connectivity index (χ3n) is 3.81. The molecule has 1 saturated heterocycles. The molecule has 0 bridgehead atoms. The molecule has 0 radical (unpaired) electrons. The molecule has 1 fully saturated rings. The van der Waals surface area contributed by atoms with Crippen molar-refractivity contribution in [3.05, 3.63) is 22.1 Å². The van der Waals surface area contributed by atoms with Gasteiger partial charge in [-0.1, -0.05) is 18.7 Å². The molecule has 1 aliphatic heterocycles. The monoisotopic (exact) mass is 309 g/mol. The molecule has 1 aromatic rings. The van der Waals surface area contributed by atoms with Gasteiger partial charge in [0.15, 0.2) is 5.16 Å². The van der Waals surface area contributed by atoms with Crippen LogP contribution in [0.1, 0.15) is 38.8 Å². The topological polar surface area (TPSA) is 55.2 Å². The van der Waals surface area contributed by atoms with Gasteiger partial charge in [-0.3, -0.25) is 14.2 Å². The van der Waals surface area contributed by atoms with Crippen LogP contribution in [0.15, 0.2) is 16.0 Å². The molecule has 1 atom stereocenters. The number of amides is 1. The van der Waals surface area contributed by atoms with Gasteiger partial charge >= 0.3 is 0 Å². The van der Waals surface area contributed by atoms with Gasteiger partial charge in [0, 0.05) is 31.9 Å². The molecule has 1 aliphatic rings. The third-order valence-corrected chi connectivity index (χ3v) is 4.94. The van der Waals surface area contributed by atoms with Crippen molar-refractivity contribution in [2.75, 3.05) is 13.1 Å². The second-order valence-electron chi connectivity index (χ2n) is 5.43. The predicted octanol–water partition coefficient (Wildman–Crippen LogP) is 1.84. The van der Waals surface area contributed by atoms with Crippen molar-refractivity contribution in [2.45, 2.75) is 49.9 Å². The Bertz CT molecular complexity index is 565. The van der Waals surface area contributed by atoms with Gasteiger partial charge in [-0.2, -0.15) is 0 Å². The van der Waals surface area contributed by atoms with Crippen molar-refractivity contribution in [1.29, 1.82) is 0 Å².